The highest BCUT2D eigenvalue weighted by molar-refractivity contribution is 5.35. The summed E-state index contributed by atoms with van der Waals surface area (Å²) in [5.41, 5.74) is 9.29. The van der Waals surface area contributed by atoms with E-state index in [4.69, 9.17) is 10.5 Å². The Kier molecular flexibility index (Phi) is 5.96. The summed E-state index contributed by atoms with van der Waals surface area (Å²) >= 11 is 0. The maximum absolute atomic E-state index is 13.0. The van der Waals surface area contributed by atoms with E-state index < -0.39 is 0 Å². The normalized spacial score (nSPS) is 12.2. The molecule has 0 aliphatic rings. The quantitative estimate of drug-likeness (QED) is 0.772. The third-order valence-corrected chi connectivity index (χ3v) is 3.92. The summed E-state index contributed by atoms with van der Waals surface area (Å²) in [4.78, 5) is 0. The van der Waals surface area contributed by atoms with Crippen molar-refractivity contribution in [1.82, 2.24) is 0 Å². The van der Waals surface area contributed by atoms with Crippen LogP contribution in [0.5, 0.6) is 5.75 Å². The highest BCUT2D eigenvalue weighted by Gasteiger charge is 2.10. The molecule has 2 N–H and O–H groups in total. The van der Waals surface area contributed by atoms with Crippen molar-refractivity contribution in [3.05, 3.63) is 65.0 Å². The van der Waals surface area contributed by atoms with Gasteiger partial charge in [0.2, 0.25) is 0 Å². The lowest BCUT2D eigenvalue weighted by Gasteiger charge is -2.16. The molecule has 118 valence electrons. The van der Waals surface area contributed by atoms with Gasteiger partial charge in [0.05, 0.1) is 6.61 Å². The number of halogens is 1. The third-order valence-electron chi connectivity index (χ3n) is 3.92. The monoisotopic (exact) mass is 301 g/mol. The Hall–Kier alpha value is -1.87. The maximum Gasteiger partial charge on any atom is 0.123 e. The van der Waals surface area contributed by atoms with Crippen molar-refractivity contribution in [2.45, 2.75) is 32.6 Å². The third kappa shape index (κ3) is 4.57. The van der Waals surface area contributed by atoms with Crippen LogP contribution in [0.15, 0.2) is 42.5 Å². The molecule has 2 rings (SSSR count). The Balaban J connectivity index is 1.84. The number of benzene rings is 2. The predicted molar refractivity (Wildman–Crippen MR) is 88.8 cm³/mol. The minimum Gasteiger partial charge on any atom is -0.493 e. The molecule has 22 heavy (non-hydrogen) atoms. The molecule has 0 saturated heterocycles. The van der Waals surface area contributed by atoms with E-state index in [1.54, 1.807) is 0 Å². The molecule has 0 spiro atoms. The standard InChI is InChI=1S/C19H24FNO/c1-14-5-6-15(2)19(12-14)22-11-3-4-17(13-21)16-7-9-18(20)10-8-16/h5-10,12,17H,3-4,11,13,21H2,1-2H3. The van der Waals surface area contributed by atoms with Crippen molar-refractivity contribution in [1.29, 1.82) is 0 Å². The van der Waals surface area contributed by atoms with Crippen LogP contribution in [0.4, 0.5) is 4.39 Å². The van der Waals surface area contributed by atoms with Crippen LogP contribution in [0.3, 0.4) is 0 Å². The van der Waals surface area contributed by atoms with Gasteiger partial charge >= 0.3 is 0 Å². The van der Waals surface area contributed by atoms with Gasteiger partial charge in [-0.25, -0.2) is 4.39 Å². The van der Waals surface area contributed by atoms with Crippen LogP contribution >= 0.6 is 0 Å². The lowest BCUT2D eigenvalue weighted by Crippen LogP contribution is -2.14. The molecule has 2 aromatic rings. The molecule has 0 aromatic heterocycles. The van der Waals surface area contributed by atoms with E-state index in [1.165, 1.54) is 17.7 Å². The van der Waals surface area contributed by atoms with Gasteiger partial charge in [-0.3, -0.25) is 0 Å². The van der Waals surface area contributed by atoms with E-state index in [9.17, 15) is 4.39 Å². The molecule has 2 nitrogen and oxygen atoms in total. The topological polar surface area (TPSA) is 35.2 Å². The van der Waals surface area contributed by atoms with E-state index in [0.29, 0.717) is 13.2 Å². The zero-order chi connectivity index (χ0) is 15.9. The average Bonchev–Trinajstić information content (AvgIpc) is 2.52. The molecular weight excluding hydrogens is 277 g/mol. The first kappa shape index (κ1) is 16.5. The fourth-order valence-electron chi connectivity index (χ4n) is 2.53. The molecule has 0 fully saturated rings. The Morgan fingerprint density at radius 1 is 1.09 bits per heavy atom. The van der Waals surface area contributed by atoms with E-state index in [1.807, 2.05) is 12.1 Å². The molecule has 0 radical (unpaired) electrons. The van der Waals surface area contributed by atoms with Gasteiger partial charge in [0.1, 0.15) is 11.6 Å². The number of nitrogens with two attached hydrogens (primary N) is 1. The van der Waals surface area contributed by atoms with Crippen molar-refractivity contribution in [2.24, 2.45) is 5.73 Å². The van der Waals surface area contributed by atoms with Gasteiger partial charge < -0.3 is 10.5 Å². The van der Waals surface area contributed by atoms with Crippen LogP contribution in [0.25, 0.3) is 0 Å². The zero-order valence-corrected chi connectivity index (χ0v) is 13.3. The first-order chi connectivity index (χ1) is 10.6. The summed E-state index contributed by atoms with van der Waals surface area (Å²) in [7, 11) is 0. The lowest BCUT2D eigenvalue weighted by atomic mass is 9.94. The van der Waals surface area contributed by atoms with Gasteiger partial charge in [-0.1, -0.05) is 24.3 Å². The van der Waals surface area contributed by atoms with Crippen LogP contribution in [0.1, 0.15) is 35.4 Å². The molecule has 0 saturated carbocycles. The average molecular weight is 301 g/mol. The fraction of sp³-hybridized carbons (Fsp3) is 0.368. The van der Waals surface area contributed by atoms with Gasteiger partial charge in [-0.2, -0.15) is 0 Å². The molecule has 1 atom stereocenters. The lowest BCUT2D eigenvalue weighted by molar-refractivity contribution is 0.299. The molecule has 3 heteroatoms. The van der Waals surface area contributed by atoms with Crippen molar-refractivity contribution in [2.75, 3.05) is 13.2 Å². The predicted octanol–water partition coefficient (Wildman–Crippen LogP) is 4.34. The van der Waals surface area contributed by atoms with Crippen LogP contribution < -0.4 is 10.5 Å². The summed E-state index contributed by atoms with van der Waals surface area (Å²) < 4.78 is 18.8. The summed E-state index contributed by atoms with van der Waals surface area (Å²) in [5, 5.41) is 0. The van der Waals surface area contributed by atoms with Crippen LogP contribution in [0, 0.1) is 19.7 Å². The first-order valence-corrected chi connectivity index (χ1v) is 7.75. The Bertz CT molecular complexity index is 595. The highest BCUT2D eigenvalue weighted by Crippen LogP contribution is 2.22. The summed E-state index contributed by atoms with van der Waals surface area (Å²) in [6, 6.07) is 12.8. The van der Waals surface area contributed by atoms with Gasteiger partial charge in [0.15, 0.2) is 0 Å². The molecule has 0 amide bonds. The van der Waals surface area contributed by atoms with Crippen molar-refractivity contribution >= 4 is 0 Å². The van der Waals surface area contributed by atoms with E-state index in [2.05, 4.69) is 32.0 Å². The zero-order valence-electron chi connectivity index (χ0n) is 13.3. The molecule has 0 heterocycles. The number of rotatable bonds is 7. The fourth-order valence-corrected chi connectivity index (χ4v) is 2.53. The molecular formula is C19H24FNO. The van der Waals surface area contributed by atoms with Crippen molar-refractivity contribution in [3.8, 4) is 5.75 Å². The second-order valence-corrected chi connectivity index (χ2v) is 5.74. The Morgan fingerprint density at radius 3 is 2.50 bits per heavy atom. The summed E-state index contributed by atoms with van der Waals surface area (Å²) in [6.07, 6.45) is 1.86. The number of hydrogen-bond acceptors (Lipinski definition) is 2. The van der Waals surface area contributed by atoms with Crippen LogP contribution in [0.2, 0.25) is 0 Å². The maximum atomic E-state index is 13.0. The smallest absolute Gasteiger partial charge is 0.123 e. The largest absolute Gasteiger partial charge is 0.493 e. The minimum absolute atomic E-state index is 0.210. The number of aryl methyl sites for hydroxylation is 2. The van der Waals surface area contributed by atoms with Crippen molar-refractivity contribution in [3.63, 3.8) is 0 Å². The number of hydrogen-bond donors (Lipinski definition) is 1. The molecule has 1 unspecified atom stereocenters. The van der Waals surface area contributed by atoms with Crippen LogP contribution in [-0.2, 0) is 0 Å². The van der Waals surface area contributed by atoms with Crippen molar-refractivity contribution < 1.29 is 9.13 Å². The summed E-state index contributed by atoms with van der Waals surface area (Å²) in [6.45, 7) is 5.35. The van der Waals surface area contributed by atoms with Gasteiger partial charge in [0, 0.05) is 0 Å². The minimum atomic E-state index is -0.210. The first-order valence-electron chi connectivity index (χ1n) is 7.75. The number of ether oxygens (including phenoxy) is 1. The second kappa shape index (κ2) is 7.95. The van der Waals surface area contributed by atoms with Gasteiger partial charge in [-0.05, 0) is 74.0 Å². The molecule has 0 aliphatic heterocycles. The van der Waals surface area contributed by atoms with E-state index in [0.717, 1.165) is 29.7 Å². The van der Waals surface area contributed by atoms with Gasteiger partial charge in [0.25, 0.3) is 0 Å². The van der Waals surface area contributed by atoms with Gasteiger partial charge in [-0.15, -0.1) is 0 Å². The Labute approximate surface area is 132 Å². The van der Waals surface area contributed by atoms with E-state index >= 15 is 0 Å². The van der Waals surface area contributed by atoms with Crippen LogP contribution in [-0.4, -0.2) is 13.2 Å². The SMILES string of the molecule is Cc1ccc(C)c(OCCCC(CN)c2ccc(F)cc2)c1. The van der Waals surface area contributed by atoms with E-state index in [-0.39, 0.29) is 11.7 Å². The summed E-state index contributed by atoms with van der Waals surface area (Å²) in [5.74, 6) is 0.992. The molecule has 0 aliphatic carbocycles. The Morgan fingerprint density at radius 2 is 1.82 bits per heavy atom. The second-order valence-electron chi connectivity index (χ2n) is 5.74. The molecule has 0 bridgehead atoms. The molecule has 2 aromatic carbocycles. The highest BCUT2D eigenvalue weighted by atomic mass is 19.1.